The zero-order valence-corrected chi connectivity index (χ0v) is 14.3. The molecule has 1 aromatic rings. The molecule has 0 aliphatic heterocycles. The van der Waals surface area contributed by atoms with Gasteiger partial charge in [0, 0.05) is 0 Å². The fourth-order valence-electron chi connectivity index (χ4n) is 2.05. The maximum absolute atomic E-state index is 11.9. The lowest BCUT2D eigenvalue weighted by atomic mass is 10.2. The first-order valence-electron chi connectivity index (χ1n) is 8.41. The lowest BCUT2D eigenvalue weighted by molar-refractivity contribution is 0.0224. The minimum absolute atomic E-state index is 0.127. The van der Waals surface area contributed by atoms with E-state index in [1.54, 1.807) is 0 Å². The van der Waals surface area contributed by atoms with Crippen molar-refractivity contribution < 1.29 is 23.5 Å². The molecule has 2 unspecified atom stereocenters. The molecule has 0 saturated carbocycles. The van der Waals surface area contributed by atoms with E-state index in [1.165, 1.54) is 12.1 Å². The van der Waals surface area contributed by atoms with E-state index in [1.807, 2.05) is 0 Å². The van der Waals surface area contributed by atoms with Crippen molar-refractivity contribution in [1.82, 2.24) is 0 Å². The van der Waals surface area contributed by atoms with Gasteiger partial charge in [-0.15, -0.1) is 0 Å². The molecule has 0 aromatic carbocycles. The average Bonchev–Trinajstić information content (AvgIpc) is 3.05. The fourth-order valence-corrected chi connectivity index (χ4v) is 2.05. The van der Waals surface area contributed by atoms with Crippen molar-refractivity contribution in [2.24, 2.45) is 22.9 Å². The van der Waals surface area contributed by atoms with Crippen molar-refractivity contribution in [3.05, 3.63) is 23.7 Å². The normalized spacial score (nSPS) is 13.3. The summed E-state index contributed by atoms with van der Waals surface area (Å²) in [4.78, 5) is 23.8. The molecule has 0 spiro atoms. The van der Waals surface area contributed by atoms with Gasteiger partial charge in [0.1, 0.15) is 0 Å². The number of carbonyl (C=O) groups is 2. The molecule has 0 radical (unpaired) electrons. The van der Waals surface area contributed by atoms with E-state index in [2.05, 4.69) is 0 Å². The molecule has 0 bridgehead atoms. The number of hydrogen-bond donors (Lipinski definition) is 4. The highest BCUT2D eigenvalue weighted by atomic mass is 16.6. The number of hydrogen-bond acceptors (Lipinski definition) is 9. The summed E-state index contributed by atoms with van der Waals surface area (Å²) >= 11 is 0. The van der Waals surface area contributed by atoms with Crippen LogP contribution in [0.15, 0.2) is 16.5 Å². The molecule has 0 amide bonds. The Kier molecular flexibility index (Phi) is 9.78. The summed E-state index contributed by atoms with van der Waals surface area (Å²) in [5.41, 5.74) is 22.2. The van der Waals surface area contributed by atoms with Crippen LogP contribution >= 0.6 is 0 Å². The highest BCUT2D eigenvalue weighted by Gasteiger charge is 2.21. The number of rotatable bonds is 12. The van der Waals surface area contributed by atoms with Gasteiger partial charge in [-0.2, -0.15) is 0 Å². The van der Waals surface area contributed by atoms with Gasteiger partial charge in [0.25, 0.3) is 0 Å². The maximum Gasteiger partial charge on any atom is 0.375 e. The van der Waals surface area contributed by atoms with Crippen molar-refractivity contribution in [1.29, 1.82) is 0 Å². The number of esters is 2. The fraction of sp³-hybridized carbons (Fsp3) is 0.625. The summed E-state index contributed by atoms with van der Waals surface area (Å²) < 4.78 is 15.2. The molecule has 0 fully saturated rings. The Hall–Kier alpha value is -1.94. The second-order valence-corrected chi connectivity index (χ2v) is 5.62. The zero-order valence-electron chi connectivity index (χ0n) is 14.3. The third-order valence-corrected chi connectivity index (χ3v) is 3.41. The van der Waals surface area contributed by atoms with Gasteiger partial charge < -0.3 is 25.4 Å². The summed E-state index contributed by atoms with van der Waals surface area (Å²) in [6.45, 7) is 1.11. The van der Waals surface area contributed by atoms with Gasteiger partial charge in [-0.1, -0.05) is 0 Å². The van der Waals surface area contributed by atoms with Crippen LogP contribution in [0.5, 0.6) is 0 Å². The Morgan fingerprint density at radius 2 is 1.24 bits per heavy atom. The first-order valence-corrected chi connectivity index (χ1v) is 8.41. The molecule has 0 saturated heterocycles. The summed E-state index contributed by atoms with van der Waals surface area (Å²) in [7, 11) is 0. The van der Waals surface area contributed by atoms with Gasteiger partial charge >= 0.3 is 11.9 Å². The highest BCUT2D eigenvalue weighted by molar-refractivity contribution is 5.90. The van der Waals surface area contributed by atoms with Gasteiger partial charge in [-0.05, 0) is 63.7 Å². The Morgan fingerprint density at radius 3 is 1.60 bits per heavy atom. The first-order chi connectivity index (χ1) is 12.0. The van der Waals surface area contributed by atoms with Crippen molar-refractivity contribution >= 4 is 11.9 Å². The maximum atomic E-state index is 11.9. The molecule has 1 heterocycles. The Bertz CT molecular complexity index is 490. The van der Waals surface area contributed by atoms with Crippen LogP contribution < -0.4 is 22.9 Å². The summed E-state index contributed by atoms with van der Waals surface area (Å²) in [6, 6.07) is 2.65. The summed E-state index contributed by atoms with van der Waals surface area (Å²) in [5.74, 6) is -1.74. The molecular formula is C16H28N4O5. The largest absolute Gasteiger partial charge is 0.442 e. The van der Waals surface area contributed by atoms with Crippen molar-refractivity contribution in [2.75, 3.05) is 13.1 Å². The van der Waals surface area contributed by atoms with Gasteiger partial charge in [-0.25, -0.2) is 9.59 Å². The highest BCUT2D eigenvalue weighted by Crippen LogP contribution is 2.13. The molecule has 0 aliphatic carbocycles. The zero-order chi connectivity index (χ0) is 18.7. The van der Waals surface area contributed by atoms with Gasteiger partial charge in [0.05, 0.1) is 0 Å². The number of carbonyl (C=O) groups excluding carboxylic acids is 2. The summed E-state index contributed by atoms with van der Waals surface area (Å²) in [6.07, 6.45) is 2.59. The molecule has 9 nitrogen and oxygen atoms in total. The van der Waals surface area contributed by atoms with Crippen LogP contribution in [0.3, 0.4) is 0 Å². The smallest absolute Gasteiger partial charge is 0.375 e. The number of furan rings is 1. The van der Waals surface area contributed by atoms with E-state index in [9.17, 15) is 9.59 Å². The molecule has 1 aromatic heterocycles. The Morgan fingerprint density at radius 1 is 0.840 bits per heavy atom. The van der Waals surface area contributed by atoms with Crippen LogP contribution in [0.25, 0.3) is 0 Å². The van der Waals surface area contributed by atoms with Crippen molar-refractivity contribution in [3.8, 4) is 0 Å². The predicted octanol–water partition coefficient (Wildman–Crippen LogP) is 0.421. The number of unbranched alkanes of at least 4 members (excludes halogenated alkanes) is 2. The second-order valence-electron chi connectivity index (χ2n) is 5.62. The summed E-state index contributed by atoms with van der Waals surface area (Å²) in [5, 5.41) is 0. The van der Waals surface area contributed by atoms with E-state index in [0.29, 0.717) is 25.9 Å². The molecular weight excluding hydrogens is 328 g/mol. The quantitative estimate of drug-likeness (QED) is 0.235. The van der Waals surface area contributed by atoms with Crippen molar-refractivity contribution in [3.63, 3.8) is 0 Å². The molecule has 25 heavy (non-hydrogen) atoms. The predicted molar refractivity (Wildman–Crippen MR) is 91.3 cm³/mol. The minimum Gasteiger partial charge on any atom is -0.442 e. The van der Waals surface area contributed by atoms with Crippen LogP contribution in [0.4, 0.5) is 0 Å². The lowest BCUT2D eigenvalue weighted by Gasteiger charge is -2.12. The van der Waals surface area contributed by atoms with E-state index in [-0.39, 0.29) is 11.5 Å². The van der Waals surface area contributed by atoms with E-state index in [4.69, 9.17) is 36.8 Å². The lowest BCUT2D eigenvalue weighted by Crippen LogP contribution is -2.27. The van der Waals surface area contributed by atoms with Gasteiger partial charge in [0.2, 0.25) is 11.5 Å². The van der Waals surface area contributed by atoms with E-state index >= 15 is 0 Å². The molecule has 1 rings (SSSR count). The molecule has 2 atom stereocenters. The Labute approximate surface area is 147 Å². The number of nitrogens with two attached hydrogens (primary N) is 4. The topological polar surface area (TPSA) is 170 Å². The Balaban J connectivity index is 2.46. The third-order valence-electron chi connectivity index (χ3n) is 3.41. The number of ether oxygens (including phenoxy) is 2. The monoisotopic (exact) mass is 356 g/mol. The molecule has 8 N–H and O–H groups in total. The van der Waals surface area contributed by atoms with E-state index < -0.39 is 24.4 Å². The van der Waals surface area contributed by atoms with E-state index in [0.717, 1.165) is 25.7 Å². The SMILES string of the molecule is NCCCCC(N)OC(=O)c1ccc(C(=O)OC(N)CCCCN)o1. The first kappa shape index (κ1) is 21.1. The van der Waals surface area contributed by atoms with Gasteiger partial charge in [-0.3, -0.25) is 11.5 Å². The average molecular weight is 356 g/mol. The molecule has 0 aliphatic rings. The van der Waals surface area contributed by atoms with Crippen LogP contribution in [-0.4, -0.2) is 37.5 Å². The molecule has 142 valence electrons. The van der Waals surface area contributed by atoms with Crippen LogP contribution in [0.2, 0.25) is 0 Å². The minimum atomic E-state index is -0.754. The van der Waals surface area contributed by atoms with Crippen LogP contribution in [0.1, 0.15) is 59.6 Å². The second kappa shape index (κ2) is 11.6. The third kappa shape index (κ3) is 8.12. The van der Waals surface area contributed by atoms with Crippen LogP contribution in [-0.2, 0) is 9.47 Å². The van der Waals surface area contributed by atoms with Crippen LogP contribution in [0, 0.1) is 0 Å². The van der Waals surface area contributed by atoms with Crippen molar-refractivity contribution in [2.45, 2.75) is 51.0 Å². The molecule has 9 heteroatoms. The van der Waals surface area contributed by atoms with Gasteiger partial charge in [0.15, 0.2) is 12.5 Å². The standard InChI is InChI=1S/C16H28N4O5/c17-9-3-1-5-13(19)24-15(21)11-7-8-12(23-11)16(22)25-14(20)6-2-4-10-18/h7-8,13-14H,1-6,9-10,17-20H2.